The lowest BCUT2D eigenvalue weighted by molar-refractivity contribution is -0.137. The predicted octanol–water partition coefficient (Wildman–Crippen LogP) is 3.59. The SMILES string of the molecule is CCCCC(CC)C(=O)N1CCN(S(=O)(=O)c2cccc3cc(C)cnc23)CC1. The van der Waals surface area contributed by atoms with Crippen molar-refractivity contribution in [3.05, 3.63) is 36.0 Å². The molecule has 1 aliphatic heterocycles. The van der Waals surface area contributed by atoms with E-state index in [0.717, 1.165) is 36.6 Å². The van der Waals surface area contributed by atoms with E-state index in [9.17, 15) is 13.2 Å². The van der Waals surface area contributed by atoms with E-state index in [1.807, 2.05) is 30.9 Å². The summed E-state index contributed by atoms with van der Waals surface area (Å²) in [7, 11) is -3.66. The number of aromatic nitrogens is 1. The molecule has 0 N–H and O–H groups in total. The number of unbranched alkanes of at least 4 members (excludes halogenated alkanes) is 1. The summed E-state index contributed by atoms with van der Waals surface area (Å²) in [6.45, 7) is 7.64. The molecule has 3 rings (SSSR count). The predicted molar refractivity (Wildman–Crippen MR) is 115 cm³/mol. The molecular weight excluding hydrogens is 386 g/mol. The second-order valence-corrected chi connectivity index (χ2v) is 9.72. The van der Waals surface area contributed by atoms with Gasteiger partial charge in [-0.05, 0) is 37.5 Å². The second-order valence-electron chi connectivity index (χ2n) is 7.82. The average molecular weight is 418 g/mol. The van der Waals surface area contributed by atoms with E-state index in [4.69, 9.17) is 0 Å². The molecule has 0 bridgehead atoms. The van der Waals surface area contributed by atoms with Crippen molar-refractivity contribution in [3.8, 4) is 0 Å². The van der Waals surface area contributed by atoms with Gasteiger partial charge in [-0.3, -0.25) is 9.78 Å². The van der Waals surface area contributed by atoms with Crippen LogP contribution < -0.4 is 0 Å². The van der Waals surface area contributed by atoms with Crippen LogP contribution in [-0.4, -0.2) is 54.7 Å². The molecule has 1 saturated heterocycles. The van der Waals surface area contributed by atoms with E-state index < -0.39 is 10.0 Å². The van der Waals surface area contributed by atoms with E-state index in [0.29, 0.717) is 31.7 Å². The van der Waals surface area contributed by atoms with E-state index in [2.05, 4.69) is 11.9 Å². The Kier molecular flexibility index (Phi) is 6.90. The minimum Gasteiger partial charge on any atom is -0.340 e. The molecule has 2 heterocycles. The number of carbonyl (C=O) groups is 1. The summed E-state index contributed by atoms with van der Waals surface area (Å²) in [5.74, 6) is 0.212. The zero-order valence-corrected chi connectivity index (χ0v) is 18.4. The minimum absolute atomic E-state index is 0.0450. The summed E-state index contributed by atoms with van der Waals surface area (Å²) in [5, 5.41) is 0.821. The number of sulfonamides is 1. The molecule has 1 fully saturated rings. The highest BCUT2D eigenvalue weighted by Gasteiger charge is 2.33. The largest absolute Gasteiger partial charge is 0.340 e. The van der Waals surface area contributed by atoms with Crippen molar-refractivity contribution in [2.75, 3.05) is 26.2 Å². The molecule has 7 heteroatoms. The van der Waals surface area contributed by atoms with E-state index in [-0.39, 0.29) is 16.7 Å². The standard InChI is InChI=1S/C22H31N3O3S/c1-4-6-8-18(5-2)22(26)24-11-13-25(14-12-24)29(27,28)20-10-7-9-19-15-17(3)16-23-21(19)20/h7,9-10,15-16,18H,4-6,8,11-14H2,1-3H3. The van der Waals surface area contributed by atoms with Gasteiger partial charge in [0.1, 0.15) is 4.90 Å². The molecule has 1 aliphatic rings. The summed E-state index contributed by atoms with van der Waals surface area (Å²) >= 11 is 0. The van der Waals surface area contributed by atoms with E-state index in [1.165, 1.54) is 4.31 Å². The van der Waals surface area contributed by atoms with Crippen LogP contribution in [0.1, 0.15) is 45.1 Å². The van der Waals surface area contributed by atoms with Gasteiger partial charge in [0.25, 0.3) is 0 Å². The third kappa shape index (κ3) is 4.61. The van der Waals surface area contributed by atoms with Crippen LogP contribution in [0.25, 0.3) is 10.9 Å². The van der Waals surface area contributed by atoms with Gasteiger partial charge in [0.05, 0.1) is 5.52 Å². The Labute approximate surface area is 174 Å². The lowest BCUT2D eigenvalue weighted by Gasteiger charge is -2.35. The summed E-state index contributed by atoms with van der Waals surface area (Å²) in [4.78, 5) is 19.3. The fraction of sp³-hybridized carbons (Fsp3) is 0.545. The topological polar surface area (TPSA) is 70.6 Å². The molecule has 0 spiro atoms. The van der Waals surface area contributed by atoms with Crippen molar-refractivity contribution >= 4 is 26.8 Å². The van der Waals surface area contributed by atoms with Gasteiger partial charge in [0, 0.05) is 43.7 Å². The molecule has 1 amide bonds. The van der Waals surface area contributed by atoms with Gasteiger partial charge < -0.3 is 4.90 Å². The van der Waals surface area contributed by atoms with Crippen LogP contribution in [0.15, 0.2) is 35.4 Å². The number of carbonyl (C=O) groups excluding carboxylic acids is 1. The number of benzene rings is 1. The second kappa shape index (κ2) is 9.22. The number of amides is 1. The van der Waals surface area contributed by atoms with Crippen molar-refractivity contribution in [2.45, 2.75) is 51.3 Å². The summed E-state index contributed by atoms with van der Waals surface area (Å²) in [6, 6.07) is 7.20. The number of pyridine rings is 1. The molecule has 1 aromatic heterocycles. The summed E-state index contributed by atoms with van der Waals surface area (Å²) in [5.41, 5.74) is 1.50. The zero-order chi connectivity index (χ0) is 21.0. The van der Waals surface area contributed by atoms with Gasteiger partial charge in [-0.1, -0.05) is 38.8 Å². The van der Waals surface area contributed by atoms with Gasteiger partial charge in [-0.15, -0.1) is 0 Å². The summed E-state index contributed by atoms with van der Waals surface area (Å²) in [6.07, 6.45) is 5.56. The first-order chi connectivity index (χ1) is 13.9. The van der Waals surface area contributed by atoms with Crippen LogP contribution in [0.3, 0.4) is 0 Å². The molecule has 0 aliphatic carbocycles. The monoisotopic (exact) mass is 417 g/mol. The van der Waals surface area contributed by atoms with Crippen molar-refractivity contribution in [1.82, 2.24) is 14.2 Å². The normalized spacial score (nSPS) is 16.9. The maximum Gasteiger partial charge on any atom is 0.245 e. The third-order valence-electron chi connectivity index (χ3n) is 5.73. The highest BCUT2D eigenvalue weighted by molar-refractivity contribution is 7.89. The van der Waals surface area contributed by atoms with Crippen molar-refractivity contribution < 1.29 is 13.2 Å². The quantitative estimate of drug-likeness (QED) is 0.690. The lowest BCUT2D eigenvalue weighted by Crippen LogP contribution is -2.51. The molecule has 2 aromatic rings. The van der Waals surface area contributed by atoms with Crippen LogP contribution in [-0.2, 0) is 14.8 Å². The number of fused-ring (bicyclic) bond motifs is 1. The first-order valence-electron chi connectivity index (χ1n) is 10.5. The third-order valence-corrected chi connectivity index (χ3v) is 7.66. The van der Waals surface area contributed by atoms with Gasteiger partial charge in [0.2, 0.25) is 15.9 Å². The van der Waals surface area contributed by atoms with Crippen LogP contribution in [0.2, 0.25) is 0 Å². The molecular formula is C22H31N3O3S. The Morgan fingerprint density at radius 3 is 2.55 bits per heavy atom. The van der Waals surface area contributed by atoms with Crippen LogP contribution in [0.4, 0.5) is 0 Å². The maximum atomic E-state index is 13.3. The smallest absolute Gasteiger partial charge is 0.245 e. The molecule has 1 aromatic carbocycles. The van der Waals surface area contributed by atoms with Crippen LogP contribution in [0.5, 0.6) is 0 Å². The van der Waals surface area contributed by atoms with E-state index >= 15 is 0 Å². The molecule has 1 unspecified atom stereocenters. The Morgan fingerprint density at radius 2 is 1.90 bits per heavy atom. The number of hydrogen-bond acceptors (Lipinski definition) is 4. The lowest BCUT2D eigenvalue weighted by atomic mass is 9.97. The van der Waals surface area contributed by atoms with Crippen LogP contribution in [0, 0.1) is 12.8 Å². The zero-order valence-electron chi connectivity index (χ0n) is 17.6. The van der Waals surface area contributed by atoms with Crippen molar-refractivity contribution in [3.63, 3.8) is 0 Å². The maximum absolute atomic E-state index is 13.3. The molecule has 29 heavy (non-hydrogen) atoms. The van der Waals surface area contributed by atoms with Gasteiger partial charge in [0.15, 0.2) is 0 Å². The number of hydrogen-bond donors (Lipinski definition) is 0. The fourth-order valence-corrected chi connectivity index (χ4v) is 5.54. The molecule has 6 nitrogen and oxygen atoms in total. The Bertz CT molecular complexity index is 966. The molecule has 0 radical (unpaired) electrons. The number of aryl methyl sites for hydroxylation is 1. The molecule has 0 saturated carbocycles. The summed E-state index contributed by atoms with van der Waals surface area (Å²) < 4.78 is 28.0. The fourth-order valence-electron chi connectivity index (χ4n) is 3.95. The first kappa shape index (κ1) is 21.7. The number of piperazine rings is 1. The van der Waals surface area contributed by atoms with Crippen molar-refractivity contribution in [2.24, 2.45) is 5.92 Å². The highest BCUT2D eigenvalue weighted by Crippen LogP contribution is 2.26. The van der Waals surface area contributed by atoms with Gasteiger partial charge >= 0.3 is 0 Å². The number of para-hydroxylation sites is 1. The number of rotatable bonds is 7. The Balaban J connectivity index is 1.74. The molecule has 158 valence electrons. The average Bonchev–Trinajstić information content (AvgIpc) is 2.73. The van der Waals surface area contributed by atoms with E-state index in [1.54, 1.807) is 18.3 Å². The minimum atomic E-state index is -3.66. The van der Waals surface area contributed by atoms with Gasteiger partial charge in [-0.2, -0.15) is 4.31 Å². The Hall–Kier alpha value is -1.99. The van der Waals surface area contributed by atoms with Gasteiger partial charge in [-0.25, -0.2) is 8.42 Å². The van der Waals surface area contributed by atoms with Crippen molar-refractivity contribution in [1.29, 1.82) is 0 Å². The Morgan fingerprint density at radius 1 is 1.17 bits per heavy atom. The van der Waals surface area contributed by atoms with Crippen LogP contribution >= 0.6 is 0 Å². The number of nitrogens with zero attached hydrogens (tertiary/aromatic N) is 3. The first-order valence-corrected chi connectivity index (χ1v) is 12.0. The molecule has 1 atom stereocenters. The highest BCUT2D eigenvalue weighted by atomic mass is 32.2.